The Hall–Kier alpha value is -3.27. The van der Waals surface area contributed by atoms with Gasteiger partial charge in [0, 0.05) is 5.56 Å². The van der Waals surface area contributed by atoms with Gasteiger partial charge in [0.1, 0.15) is 17.4 Å². The van der Waals surface area contributed by atoms with Gasteiger partial charge in [-0.15, -0.1) is 0 Å². The smallest absolute Gasteiger partial charge is 0.356 e. The van der Waals surface area contributed by atoms with E-state index in [9.17, 15) is 9.18 Å². The second-order valence-electron chi connectivity index (χ2n) is 4.40. The van der Waals surface area contributed by atoms with Crippen molar-refractivity contribution in [1.82, 2.24) is 14.6 Å². The van der Waals surface area contributed by atoms with Crippen LogP contribution in [0.15, 0.2) is 36.5 Å². The summed E-state index contributed by atoms with van der Waals surface area (Å²) in [6.07, 6.45) is 1.29. The summed E-state index contributed by atoms with van der Waals surface area (Å²) in [5.74, 6) is -1.13. The number of nitriles is 1. The first-order chi connectivity index (χ1) is 10.7. The number of carbonyl (C=O) groups is 1. The number of fused-ring (bicyclic) bond motifs is 1. The lowest BCUT2D eigenvalue weighted by molar-refractivity contribution is 0.0590. The molecule has 0 aliphatic rings. The predicted molar refractivity (Wildman–Crippen MR) is 74.4 cm³/mol. The molecular weight excluding hydrogens is 287 g/mol. The average molecular weight is 296 g/mol. The van der Waals surface area contributed by atoms with Gasteiger partial charge in [-0.2, -0.15) is 10.4 Å². The van der Waals surface area contributed by atoms with Gasteiger partial charge in [0.05, 0.1) is 19.0 Å². The Morgan fingerprint density at radius 1 is 1.41 bits per heavy atom. The normalized spacial score (nSPS) is 10.4. The molecule has 108 valence electrons. The molecule has 0 unspecified atom stereocenters. The van der Waals surface area contributed by atoms with Gasteiger partial charge in [-0.1, -0.05) is 12.1 Å². The maximum atomic E-state index is 14.0. The molecule has 3 aromatic rings. The van der Waals surface area contributed by atoms with E-state index in [1.165, 1.54) is 36.0 Å². The molecule has 0 fully saturated rings. The van der Waals surface area contributed by atoms with Crippen molar-refractivity contribution >= 4 is 11.6 Å². The zero-order valence-electron chi connectivity index (χ0n) is 11.4. The van der Waals surface area contributed by atoms with Crippen LogP contribution in [0.2, 0.25) is 0 Å². The van der Waals surface area contributed by atoms with E-state index < -0.39 is 11.8 Å². The number of benzene rings is 1. The number of esters is 1. The summed E-state index contributed by atoms with van der Waals surface area (Å²) in [6.45, 7) is 0. The van der Waals surface area contributed by atoms with Crippen LogP contribution in [0.25, 0.3) is 16.9 Å². The summed E-state index contributed by atoms with van der Waals surface area (Å²) < 4.78 is 19.9. The topological polar surface area (TPSA) is 80.3 Å². The Labute approximate surface area is 124 Å². The van der Waals surface area contributed by atoms with Crippen LogP contribution in [-0.4, -0.2) is 27.7 Å². The van der Waals surface area contributed by atoms with Crippen molar-refractivity contribution < 1.29 is 13.9 Å². The first-order valence-electron chi connectivity index (χ1n) is 6.28. The minimum Gasteiger partial charge on any atom is -0.464 e. The third-order valence-corrected chi connectivity index (χ3v) is 3.14. The van der Waals surface area contributed by atoms with Gasteiger partial charge in [0.25, 0.3) is 0 Å². The minimum atomic E-state index is -0.655. The quantitative estimate of drug-likeness (QED) is 0.677. The number of nitrogens with zero attached hydrogens (tertiary/aromatic N) is 4. The van der Waals surface area contributed by atoms with Crippen LogP contribution < -0.4 is 0 Å². The van der Waals surface area contributed by atoms with E-state index in [0.717, 1.165) is 0 Å². The molecule has 2 aromatic heterocycles. The molecule has 0 aliphatic heterocycles. The van der Waals surface area contributed by atoms with Crippen molar-refractivity contribution in [3.63, 3.8) is 0 Å². The molecule has 0 spiro atoms. The molecule has 1 aromatic carbocycles. The molecule has 0 aliphatic carbocycles. The molecule has 3 rings (SSSR count). The Kier molecular flexibility index (Phi) is 3.27. The monoisotopic (exact) mass is 296 g/mol. The Morgan fingerprint density at radius 3 is 2.86 bits per heavy atom. The fourth-order valence-corrected chi connectivity index (χ4v) is 2.10. The van der Waals surface area contributed by atoms with Crippen LogP contribution in [0.4, 0.5) is 4.39 Å². The van der Waals surface area contributed by atoms with Crippen molar-refractivity contribution in [2.24, 2.45) is 0 Å². The largest absolute Gasteiger partial charge is 0.464 e. The van der Waals surface area contributed by atoms with Crippen molar-refractivity contribution in [2.75, 3.05) is 7.11 Å². The highest BCUT2D eigenvalue weighted by Crippen LogP contribution is 2.23. The van der Waals surface area contributed by atoms with E-state index in [0.29, 0.717) is 0 Å². The number of methoxy groups -OCH3 is 1. The molecule has 0 radical (unpaired) electrons. The van der Waals surface area contributed by atoms with Crippen molar-refractivity contribution in [3.8, 4) is 17.3 Å². The lowest BCUT2D eigenvalue weighted by Gasteiger charge is -2.07. The van der Waals surface area contributed by atoms with Crippen LogP contribution in [0.5, 0.6) is 0 Å². The predicted octanol–water partition coefficient (Wildman–Crippen LogP) is 2.19. The highest BCUT2D eigenvalue weighted by Gasteiger charge is 2.19. The number of aromatic nitrogens is 3. The van der Waals surface area contributed by atoms with Gasteiger partial charge < -0.3 is 4.74 Å². The molecule has 7 heteroatoms. The maximum absolute atomic E-state index is 14.0. The summed E-state index contributed by atoms with van der Waals surface area (Å²) in [4.78, 5) is 16.2. The van der Waals surface area contributed by atoms with Gasteiger partial charge in [-0.25, -0.2) is 18.7 Å². The van der Waals surface area contributed by atoms with Crippen molar-refractivity contribution in [1.29, 1.82) is 5.26 Å². The van der Waals surface area contributed by atoms with Gasteiger partial charge in [-0.05, 0) is 18.2 Å². The number of halogens is 1. The summed E-state index contributed by atoms with van der Waals surface area (Å²) in [5, 5.41) is 13.0. The van der Waals surface area contributed by atoms with Crippen LogP contribution in [0, 0.1) is 17.1 Å². The van der Waals surface area contributed by atoms with E-state index in [1.807, 2.05) is 6.07 Å². The lowest BCUT2D eigenvalue weighted by Crippen LogP contribution is -2.11. The number of carbonyl (C=O) groups excluding carboxylic acids is 1. The fraction of sp³-hybridized carbons (Fsp3) is 0.0667. The zero-order chi connectivity index (χ0) is 15.7. The van der Waals surface area contributed by atoms with Gasteiger partial charge in [-0.3, -0.25) is 0 Å². The summed E-state index contributed by atoms with van der Waals surface area (Å²) in [5.41, 5.74) is 0.863. The number of hydrogen-bond donors (Lipinski definition) is 0. The molecule has 0 N–H and O–H groups in total. The highest BCUT2D eigenvalue weighted by atomic mass is 19.1. The molecule has 22 heavy (non-hydrogen) atoms. The second-order valence-corrected chi connectivity index (χ2v) is 4.40. The third kappa shape index (κ3) is 2.07. The maximum Gasteiger partial charge on any atom is 0.356 e. The van der Waals surface area contributed by atoms with Gasteiger partial charge in [0.2, 0.25) is 0 Å². The van der Waals surface area contributed by atoms with Crippen molar-refractivity contribution in [2.45, 2.75) is 0 Å². The van der Waals surface area contributed by atoms with Crippen LogP contribution >= 0.6 is 0 Å². The van der Waals surface area contributed by atoms with Gasteiger partial charge >= 0.3 is 5.97 Å². The molecule has 0 saturated carbocycles. The third-order valence-electron chi connectivity index (χ3n) is 3.14. The molecule has 2 heterocycles. The summed E-state index contributed by atoms with van der Waals surface area (Å²) in [7, 11) is 1.23. The SMILES string of the molecule is COC(=O)c1cc(-c2ccccc2F)nc2c(C#N)cnn12. The molecular formula is C15H9FN4O2. The van der Waals surface area contributed by atoms with E-state index in [2.05, 4.69) is 10.1 Å². The Balaban J connectivity index is 2.35. The minimum absolute atomic E-state index is 0.0623. The van der Waals surface area contributed by atoms with Crippen molar-refractivity contribution in [3.05, 3.63) is 53.6 Å². The fourth-order valence-electron chi connectivity index (χ4n) is 2.10. The molecule has 0 atom stereocenters. The second kappa shape index (κ2) is 5.26. The highest BCUT2D eigenvalue weighted by molar-refractivity contribution is 5.90. The van der Waals surface area contributed by atoms with Gasteiger partial charge in [0.15, 0.2) is 11.3 Å². The first kappa shape index (κ1) is 13.7. The van der Waals surface area contributed by atoms with Crippen LogP contribution in [0.1, 0.15) is 16.1 Å². The lowest BCUT2D eigenvalue weighted by atomic mass is 10.1. The molecule has 0 bridgehead atoms. The average Bonchev–Trinajstić information content (AvgIpc) is 2.96. The summed E-state index contributed by atoms with van der Waals surface area (Å²) in [6, 6.07) is 9.36. The van der Waals surface area contributed by atoms with E-state index in [-0.39, 0.29) is 28.2 Å². The first-order valence-corrected chi connectivity index (χ1v) is 6.28. The Bertz CT molecular complexity index is 927. The van der Waals surface area contributed by atoms with E-state index >= 15 is 0 Å². The number of hydrogen-bond acceptors (Lipinski definition) is 5. The summed E-state index contributed by atoms with van der Waals surface area (Å²) >= 11 is 0. The van der Waals surface area contributed by atoms with E-state index in [4.69, 9.17) is 10.00 Å². The van der Waals surface area contributed by atoms with Crippen LogP contribution in [-0.2, 0) is 4.74 Å². The molecule has 0 amide bonds. The standard InChI is InChI=1S/C15H9FN4O2/c1-22-15(21)13-6-12(10-4-2-3-5-11(10)16)19-14-9(7-17)8-18-20(13)14/h2-6,8H,1H3. The Morgan fingerprint density at radius 2 is 2.18 bits per heavy atom. The van der Waals surface area contributed by atoms with E-state index in [1.54, 1.807) is 12.1 Å². The number of ether oxygens (including phenoxy) is 1. The molecule has 6 nitrogen and oxygen atoms in total. The number of rotatable bonds is 2. The van der Waals surface area contributed by atoms with Crippen LogP contribution in [0.3, 0.4) is 0 Å². The molecule has 0 saturated heterocycles. The zero-order valence-corrected chi connectivity index (χ0v) is 11.4.